The molecule has 3 heteroatoms. The van der Waals surface area contributed by atoms with E-state index in [0.29, 0.717) is 17.8 Å². The first kappa shape index (κ1) is 12.9. The molecular formula is C14H19N3. The van der Waals surface area contributed by atoms with E-state index < -0.39 is 0 Å². The minimum Gasteiger partial charge on any atom is -0.262 e. The van der Waals surface area contributed by atoms with Crippen molar-refractivity contribution in [2.45, 2.75) is 21.8 Å². The average Bonchev–Trinajstić information content (AvgIpc) is 2.35. The van der Waals surface area contributed by atoms with Gasteiger partial charge in [-0.3, -0.25) is 4.98 Å². The molecule has 0 aliphatic heterocycles. The van der Waals surface area contributed by atoms with Crippen LogP contribution in [0.2, 0.25) is 0 Å². The van der Waals surface area contributed by atoms with Gasteiger partial charge in [0.05, 0.1) is 2.74 Å². The summed E-state index contributed by atoms with van der Waals surface area (Å²) in [6, 6.07) is 9.25. The zero-order chi connectivity index (χ0) is 12.7. The second-order valence-electron chi connectivity index (χ2n) is 2.65. The summed E-state index contributed by atoms with van der Waals surface area (Å²) in [5, 5.41) is 8.25. The minimum absolute atomic E-state index is 0. The molecule has 0 radical (unpaired) electrons. The Labute approximate surface area is 107 Å². The van der Waals surface area contributed by atoms with E-state index in [-0.39, 0.29) is 14.9 Å². The summed E-state index contributed by atoms with van der Waals surface area (Å²) in [5.41, 5.74) is 1.31. The van der Waals surface area contributed by atoms with Crippen LogP contribution in [0.1, 0.15) is 29.0 Å². The molecule has 0 aliphatic carbocycles. The lowest BCUT2D eigenvalue weighted by Gasteiger charge is -1.82. The van der Waals surface area contributed by atoms with Crippen LogP contribution in [0.3, 0.4) is 0 Å². The van der Waals surface area contributed by atoms with Crippen molar-refractivity contribution in [1.82, 2.24) is 9.97 Å². The minimum atomic E-state index is 0. The summed E-state index contributed by atoms with van der Waals surface area (Å²) in [4.78, 5) is 7.54. The van der Waals surface area contributed by atoms with Crippen LogP contribution in [0.15, 0.2) is 48.7 Å². The van der Waals surface area contributed by atoms with Crippen LogP contribution >= 0.6 is 0 Å². The Bertz CT molecular complexity index is 481. The Hall–Kier alpha value is -2.21. The Morgan fingerprint density at radius 3 is 2.06 bits per heavy atom. The number of nitriles is 1. The highest BCUT2D eigenvalue weighted by molar-refractivity contribution is 5.18. The molecule has 0 spiro atoms. The molecule has 0 bridgehead atoms. The Morgan fingerprint density at radius 2 is 1.71 bits per heavy atom. The largest absolute Gasteiger partial charge is 0.262 e. The molecular weight excluding hydrogens is 210 g/mol. The molecule has 2 rings (SSSR count). The van der Waals surface area contributed by atoms with Gasteiger partial charge in [0.15, 0.2) is 0 Å². The van der Waals surface area contributed by atoms with Crippen molar-refractivity contribution in [2.75, 3.05) is 0 Å². The molecule has 0 saturated heterocycles. The molecule has 0 amide bonds. The van der Waals surface area contributed by atoms with E-state index in [2.05, 4.69) is 9.97 Å². The van der Waals surface area contributed by atoms with Crippen molar-refractivity contribution in [3.8, 4) is 6.07 Å². The molecule has 2 aromatic rings. The summed E-state index contributed by atoms with van der Waals surface area (Å²) in [7, 11) is 0. The second kappa shape index (κ2) is 10.3. The molecule has 0 unspecified atom stereocenters. The van der Waals surface area contributed by atoms with Crippen molar-refractivity contribution in [3.63, 3.8) is 0 Å². The molecule has 0 saturated carbocycles. The molecule has 0 fully saturated rings. The summed E-state index contributed by atoms with van der Waals surface area (Å²) in [5.74, 6) is 0. The third-order valence-electron chi connectivity index (χ3n) is 1.49. The SMILES string of the molecule is C.C.[3H]c1ccc(C#N)nc1.[3H]c1ccc(C)nc1. The molecule has 3 nitrogen and oxygen atoms in total. The number of hydrogen-bond acceptors (Lipinski definition) is 3. The van der Waals surface area contributed by atoms with E-state index in [0.717, 1.165) is 5.69 Å². The van der Waals surface area contributed by atoms with E-state index in [1.807, 2.05) is 19.1 Å². The molecule has 0 aromatic carbocycles. The lowest BCUT2D eigenvalue weighted by Crippen LogP contribution is -1.75. The third-order valence-corrected chi connectivity index (χ3v) is 1.49. The fourth-order valence-electron chi connectivity index (χ4n) is 0.780. The maximum absolute atomic E-state index is 8.25. The first-order valence-corrected chi connectivity index (χ1v) is 4.34. The standard InChI is InChI=1S/C6H4N2.C6H7N.2CH4/c7-5-6-3-1-2-4-8-6;1-6-4-2-3-5-7-6;;/h1-4H;2-5H,1H3;2*1H4/i2T;3T;;. The quantitative estimate of drug-likeness (QED) is 0.698. The normalized spacial score (nSPS) is 8.94. The van der Waals surface area contributed by atoms with Gasteiger partial charge in [-0.1, -0.05) is 27.0 Å². The predicted octanol–water partition coefficient (Wildman–Crippen LogP) is 3.62. The van der Waals surface area contributed by atoms with Crippen molar-refractivity contribution in [2.24, 2.45) is 0 Å². The lowest BCUT2D eigenvalue weighted by atomic mass is 10.4. The van der Waals surface area contributed by atoms with E-state index >= 15 is 0 Å². The Balaban J connectivity index is 0. The fourth-order valence-corrected chi connectivity index (χ4v) is 0.780. The molecule has 0 atom stereocenters. The van der Waals surface area contributed by atoms with Crippen molar-refractivity contribution < 1.29 is 2.74 Å². The van der Waals surface area contributed by atoms with Crippen LogP contribution in [-0.4, -0.2) is 9.97 Å². The first-order valence-electron chi connectivity index (χ1n) is 5.34. The van der Waals surface area contributed by atoms with Gasteiger partial charge in [-0.2, -0.15) is 5.26 Å². The molecule has 2 heterocycles. The number of nitrogens with zero attached hydrogens (tertiary/aromatic N) is 3. The molecule has 17 heavy (non-hydrogen) atoms. The van der Waals surface area contributed by atoms with E-state index in [1.54, 1.807) is 6.07 Å². The third kappa shape index (κ3) is 7.69. The molecule has 0 N–H and O–H groups in total. The fraction of sp³-hybridized carbons (Fsp3) is 0.214. The lowest BCUT2D eigenvalue weighted by molar-refractivity contribution is 1.20. The molecule has 90 valence electrons. The maximum atomic E-state index is 8.25. The van der Waals surface area contributed by atoms with Gasteiger partial charge in [0.1, 0.15) is 11.8 Å². The maximum Gasteiger partial charge on any atom is 0.140 e. The van der Waals surface area contributed by atoms with E-state index in [9.17, 15) is 0 Å². The highest BCUT2D eigenvalue weighted by Crippen LogP contribution is 1.87. The van der Waals surface area contributed by atoms with Gasteiger partial charge < -0.3 is 0 Å². The number of hydrogen-bond donors (Lipinski definition) is 0. The van der Waals surface area contributed by atoms with Crippen LogP contribution in [-0.2, 0) is 0 Å². The van der Waals surface area contributed by atoms with E-state index in [1.165, 1.54) is 24.5 Å². The zero-order valence-corrected chi connectivity index (χ0v) is 8.31. The van der Waals surface area contributed by atoms with Crippen LogP contribution in [0, 0.1) is 18.3 Å². The van der Waals surface area contributed by atoms with Crippen molar-refractivity contribution >= 4 is 0 Å². The smallest absolute Gasteiger partial charge is 0.140 e. The number of aryl methyl sites for hydroxylation is 1. The summed E-state index contributed by atoms with van der Waals surface area (Å²) < 4.78 is 14.0. The van der Waals surface area contributed by atoms with Gasteiger partial charge in [-0.15, -0.1) is 0 Å². The second-order valence-corrected chi connectivity index (χ2v) is 2.65. The van der Waals surface area contributed by atoms with Crippen LogP contribution in [0.25, 0.3) is 0 Å². The average molecular weight is 233 g/mol. The Kier molecular flexibility index (Phi) is 7.80. The van der Waals surface area contributed by atoms with Gasteiger partial charge in [0.2, 0.25) is 0 Å². The first-order chi connectivity index (χ1) is 8.11. The van der Waals surface area contributed by atoms with Crippen molar-refractivity contribution in [3.05, 3.63) is 60.1 Å². The van der Waals surface area contributed by atoms with Gasteiger partial charge in [0, 0.05) is 18.1 Å². The highest BCUT2D eigenvalue weighted by atomic mass is 14.7. The van der Waals surface area contributed by atoms with Crippen LogP contribution in [0.5, 0.6) is 0 Å². The summed E-state index contributed by atoms with van der Waals surface area (Å²) in [6.07, 6.45) is 2.88. The van der Waals surface area contributed by atoms with Gasteiger partial charge in [-0.05, 0) is 31.1 Å². The monoisotopic (exact) mass is 233 g/mol. The number of pyridine rings is 2. The molecule has 2 aromatic heterocycles. The van der Waals surface area contributed by atoms with Crippen LogP contribution < -0.4 is 0 Å². The Morgan fingerprint density at radius 1 is 1.12 bits per heavy atom. The summed E-state index contributed by atoms with van der Waals surface area (Å²) in [6.45, 7) is 1.90. The van der Waals surface area contributed by atoms with E-state index in [4.69, 9.17) is 8.00 Å². The topological polar surface area (TPSA) is 49.6 Å². The summed E-state index contributed by atoms with van der Waals surface area (Å²) >= 11 is 0. The van der Waals surface area contributed by atoms with Crippen molar-refractivity contribution in [1.29, 1.82) is 5.26 Å². The predicted molar refractivity (Wildman–Crippen MR) is 71.4 cm³/mol. The zero-order valence-electron chi connectivity index (χ0n) is 10.3. The highest BCUT2D eigenvalue weighted by Gasteiger charge is 1.81. The van der Waals surface area contributed by atoms with Crippen LogP contribution in [0.4, 0.5) is 0 Å². The van der Waals surface area contributed by atoms with Gasteiger partial charge >= 0.3 is 0 Å². The number of aromatic nitrogens is 2. The number of rotatable bonds is 0. The van der Waals surface area contributed by atoms with Gasteiger partial charge in [-0.25, -0.2) is 4.98 Å². The molecule has 0 aliphatic rings. The van der Waals surface area contributed by atoms with Gasteiger partial charge in [0.25, 0.3) is 0 Å².